The summed E-state index contributed by atoms with van der Waals surface area (Å²) in [4.78, 5) is 0. The molecule has 0 saturated heterocycles. The number of hydrogen-bond acceptors (Lipinski definition) is 4. The summed E-state index contributed by atoms with van der Waals surface area (Å²) in [6, 6.07) is 18.3. The predicted octanol–water partition coefficient (Wildman–Crippen LogP) is 2.71. The summed E-state index contributed by atoms with van der Waals surface area (Å²) in [5.41, 5.74) is 4.37. The molecule has 0 spiro atoms. The first-order valence-electron chi connectivity index (χ1n) is 7.46. The standard InChI is InChI=1S/C18H19N4S.ClH/c1-14-13-23-18(22(14)2)21-20-17-10-8-16(9-11-17)19-12-15-6-4-3-5-7-15;/h3-11,13,19H,12H2,1-2H3;1H/q+1;/p-1. The van der Waals surface area contributed by atoms with E-state index in [9.17, 15) is 0 Å². The van der Waals surface area contributed by atoms with E-state index in [4.69, 9.17) is 0 Å². The molecule has 2 aromatic carbocycles. The third-order valence-electron chi connectivity index (χ3n) is 3.61. The Balaban J connectivity index is 0.00000208. The second kappa shape index (κ2) is 8.57. The zero-order valence-corrected chi connectivity index (χ0v) is 15.2. The minimum atomic E-state index is 0. The molecule has 0 aliphatic carbocycles. The van der Waals surface area contributed by atoms with Gasteiger partial charge >= 0.3 is 5.13 Å². The molecule has 0 aliphatic heterocycles. The van der Waals surface area contributed by atoms with Crippen molar-refractivity contribution in [2.24, 2.45) is 17.3 Å². The van der Waals surface area contributed by atoms with E-state index in [1.54, 1.807) is 11.3 Å². The number of hydrogen-bond donors (Lipinski definition) is 1. The first-order valence-corrected chi connectivity index (χ1v) is 8.34. The molecule has 124 valence electrons. The van der Waals surface area contributed by atoms with E-state index >= 15 is 0 Å². The van der Waals surface area contributed by atoms with Crippen molar-refractivity contribution in [2.45, 2.75) is 13.5 Å². The van der Waals surface area contributed by atoms with Crippen molar-refractivity contribution in [1.82, 2.24) is 4.57 Å². The van der Waals surface area contributed by atoms with E-state index in [1.165, 1.54) is 11.3 Å². The Labute approximate surface area is 152 Å². The predicted molar refractivity (Wildman–Crippen MR) is 96.8 cm³/mol. The highest BCUT2D eigenvalue weighted by atomic mass is 35.5. The molecule has 1 N–H and O–H groups in total. The third-order valence-corrected chi connectivity index (χ3v) is 4.63. The fourth-order valence-electron chi connectivity index (χ4n) is 2.08. The molecule has 3 aromatic rings. The van der Waals surface area contributed by atoms with Crippen molar-refractivity contribution in [2.75, 3.05) is 5.32 Å². The van der Waals surface area contributed by atoms with Gasteiger partial charge in [0.05, 0.1) is 5.69 Å². The molecular formula is C18H19ClN4S. The van der Waals surface area contributed by atoms with Crippen molar-refractivity contribution in [3.63, 3.8) is 0 Å². The number of aromatic nitrogens is 1. The van der Waals surface area contributed by atoms with Gasteiger partial charge in [0, 0.05) is 37.5 Å². The van der Waals surface area contributed by atoms with Gasteiger partial charge in [-0.05, 0) is 29.8 Å². The number of halogens is 1. The average molecular weight is 359 g/mol. The van der Waals surface area contributed by atoms with Crippen molar-refractivity contribution >= 4 is 27.8 Å². The van der Waals surface area contributed by atoms with Crippen LogP contribution in [0.3, 0.4) is 0 Å². The van der Waals surface area contributed by atoms with Crippen LogP contribution in [0.25, 0.3) is 0 Å². The van der Waals surface area contributed by atoms with Crippen LogP contribution in [0.15, 0.2) is 70.2 Å². The van der Waals surface area contributed by atoms with E-state index in [1.807, 2.05) is 54.1 Å². The van der Waals surface area contributed by atoms with Gasteiger partial charge in [0.1, 0.15) is 0 Å². The summed E-state index contributed by atoms with van der Waals surface area (Å²) < 4.78 is 2.03. The zero-order valence-electron chi connectivity index (χ0n) is 13.6. The summed E-state index contributed by atoms with van der Waals surface area (Å²) >= 11 is 1.59. The molecule has 0 amide bonds. The van der Waals surface area contributed by atoms with Gasteiger partial charge in [0.2, 0.25) is 0 Å². The summed E-state index contributed by atoms with van der Waals surface area (Å²) in [5.74, 6) is 0. The maximum Gasteiger partial charge on any atom is 0.317 e. The number of anilines is 1. The van der Waals surface area contributed by atoms with Crippen LogP contribution >= 0.6 is 11.3 Å². The van der Waals surface area contributed by atoms with E-state index in [0.717, 1.165) is 23.1 Å². The number of thiazole rings is 1. The first-order chi connectivity index (χ1) is 11.2. The van der Waals surface area contributed by atoms with Crippen molar-refractivity contribution in [3.8, 4) is 0 Å². The maximum absolute atomic E-state index is 4.31. The van der Waals surface area contributed by atoms with E-state index in [-0.39, 0.29) is 12.4 Å². The van der Waals surface area contributed by atoms with Crippen LogP contribution in [-0.2, 0) is 13.6 Å². The summed E-state index contributed by atoms with van der Waals surface area (Å²) in [5, 5.41) is 15.0. The second-order valence-corrected chi connectivity index (χ2v) is 6.14. The number of rotatable bonds is 5. The van der Waals surface area contributed by atoms with Crippen LogP contribution in [-0.4, -0.2) is 4.57 Å². The van der Waals surface area contributed by atoms with E-state index in [0.29, 0.717) is 0 Å². The van der Waals surface area contributed by atoms with E-state index < -0.39 is 0 Å². The smallest absolute Gasteiger partial charge is 0.317 e. The summed E-state index contributed by atoms with van der Waals surface area (Å²) in [7, 11) is 2.00. The fourth-order valence-corrected chi connectivity index (χ4v) is 2.91. The van der Waals surface area contributed by atoms with Crippen LogP contribution in [0.1, 0.15) is 11.3 Å². The van der Waals surface area contributed by atoms with Crippen LogP contribution in [0.2, 0.25) is 0 Å². The SMILES string of the molecule is Cc1cs[c+](N=Nc2ccc(NCc3ccccc3)cc2)n1C.[Cl-]. The maximum atomic E-state index is 4.31. The molecule has 24 heavy (non-hydrogen) atoms. The minimum Gasteiger partial charge on any atom is -1.00 e. The highest BCUT2D eigenvalue weighted by Crippen LogP contribution is 2.25. The molecule has 0 atom stereocenters. The molecule has 4 nitrogen and oxygen atoms in total. The zero-order chi connectivity index (χ0) is 16.1. The van der Waals surface area contributed by atoms with Gasteiger partial charge in [-0.25, -0.2) is 4.57 Å². The molecule has 3 rings (SSSR count). The Kier molecular flexibility index (Phi) is 6.46. The lowest BCUT2D eigenvalue weighted by molar-refractivity contribution is -0.00000473. The first kappa shape index (κ1) is 18.1. The van der Waals surface area contributed by atoms with Crippen LogP contribution in [0.4, 0.5) is 16.5 Å². The number of benzene rings is 2. The minimum absolute atomic E-state index is 0. The highest BCUT2D eigenvalue weighted by Gasteiger charge is 2.10. The van der Waals surface area contributed by atoms with E-state index in [2.05, 4.69) is 40.0 Å². The molecule has 0 unspecified atom stereocenters. The number of nitrogens with one attached hydrogen (secondary N) is 1. The van der Waals surface area contributed by atoms with Gasteiger partial charge in [-0.3, -0.25) is 0 Å². The Morgan fingerprint density at radius 2 is 1.79 bits per heavy atom. The Hall–Kier alpha value is -2.24. The largest absolute Gasteiger partial charge is 1.00 e. The Morgan fingerprint density at radius 3 is 2.42 bits per heavy atom. The molecule has 1 aromatic heterocycles. The Morgan fingerprint density at radius 1 is 1.08 bits per heavy atom. The number of aryl methyl sites for hydroxylation is 1. The second-order valence-electron chi connectivity index (χ2n) is 5.30. The molecule has 0 saturated carbocycles. The van der Waals surface area contributed by atoms with Crippen LogP contribution in [0.5, 0.6) is 0 Å². The molecule has 0 aliphatic rings. The third kappa shape index (κ3) is 4.63. The topological polar surface area (TPSA) is 41.7 Å². The van der Waals surface area contributed by atoms with Gasteiger partial charge in [0.15, 0.2) is 11.1 Å². The normalized spacial score (nSPS) is 10.6. The monoisotopic (exact) mass is 358 g/mol. The summed E-state index contributed by atoms with van der Waals surface area (Å²) in [6.45, 7) is 2.87. The Bertz CT molecular complexity index is 798. The average Bonchev–Trinajstić information content (AvgIpc) is 2.92. The van der Waals surface area contributed by atoms with Gasteiger partial charge in [0.25, 0.3) is 0 Å². The lowest BCUT2D eigenvalue weighted by Crippen LogP contribution is -3.00. The number of nitrogens with zero attached hydrogens (tertiary/aromatic N) is 3. The molecular weight excluding hydrogens is 340 g/mol. The molecule has 6 heteroatoms. The lowest BCUT2D eigenvalue weighted by atomic mass is 10.2. The van der Waals surface area contributed by atoms with Crippen molar-refractivity contribution in [3.05, 3.63) is 71.2 Å². The van der Waals surface area contributed by atoms with Crippen LogP contribution < -0.4 is 17.7 Å². The van der Waals surface area contributed by atoms with Gasteiger partial charge < -0.3 is 17.7 Å². The molecule has 0 bridgehead atoms. The summed E-state index contributed by atoms with van der Waals surface area (Å²) in [6.07, 6.45) is 0. The van der Waals surface area contributed by atoms with Crippen molar-refractivity contribution < 1.29 is 12.4 Å². The molecule has 0 radical (unpaired) electrons. The van der Waals surface area contributed by atoms with Gasteiger partial charge in [-0.15, -0.1) is 5.11 Å². The van der Waals surface area contributed by atoms with Crippen LogP contribution in [0, 0.1) is 6.92 Å². The lowest BCUT2D eigenvalue weighted by Gasteiger charge is -2.06. The highest BCUT2D eigenvalue weighted by molar-refractivity contribution is 7.13. The number of azo groups is 1. The fraction of sp³-hybridized carbons (Fsp3) is 0.167. The quantitative estimate of drug-likeness (QED) is 0.553. The van der Waals surface area contributed by atoms with Crippen molar-refractivity contribution in [1.29, 1.82) is 0 Å². The van der Waals surface area contributed by atoms with Gasteiger partial charge in [-0.2, -0.15) is 0 Å². The molecule has 1 heterocycles. The van der Waals surface area contributed by atoms with Gasteiger partial charge in [-0.1, -0.05) is 35.4 Å². The molecule has 0 fully saturated rings.